The van der Waals surface area contributed by atoms with Gasteiger partial charge in [0.05, 0.1) is 5.52 Å². The minimum atomic E-state index is 0.491. The molecule has 1 saturated heterocycles. The van der Waals surface area contributed by atoms with Crippen molar-refractivity contribution in [2.45, 2.75) is 25.3 Å². The largest absolute Gasteiger partial charge is 0.314 e. The first-order valence-corrected chi connectivity index (χ1v) is 6.87. The lowest BCUT2D eigenvalue weighted by Crippen LogP contribution is -2.24. The summed E-state index contributed by atoms with van der Waals surface area (Å²) in [6.07, 6.45) is 5.26. The molecule has 1 aliphatic heterocycles. The van der Waals surface area contributed by atoms with Crippen LogP contribution in [-0.4, -0.2) is 22.0 Å². The summed E-state index contributed by atoms with van der Waals surface area (Å²) >= 11 is 3.43. The van der Waals surface area contributed by atoms with Crippen molar-refractivity contribution in [3.63, 3.8) is 0 Å². The zero-order chi connectivity index (χ0) is 12.5. The van der Waals surface area contributed by atoms with Crippen LogP contribution in [0.2, 0.25) is 0 Å². The maximum Gasteiger partial charge on any atom is 0.166 e. The Balaban J connectivity index is 2.03. The molecular weight excluding hydrogens is 292 g/mol. The van der Waals surface area contributed by atoms with Crippen LogP contribution in [0.4, 0.5) is 0 Å². The summed E-state index contributed by atoms with van der Waals surface area (Å²) in [7, 11) is 0. The van der Waals surface area contributed by atoms with Crippen molar-refractivity contribution >= 4 is 21.4 Å². The fourth-order valence-corrected chi connectivity index (χ4v) is 2.83. The molecule has 92 valence electrons. The molecule has 0 aromatic carbocycles. The van der Waals surface area contributed by atoms with Crippen molar-refractivity contribution in [3.8, 4) is 6.07 Å². The van der Waals surface area contributed by atoms with Crippen LogP contribution < -0.4 is 5.32 Å². The Labute approximate surface area is 114 Å². The quantitative estimate of drug-likeness (QED) is 0.926. The van der Waals surface area contributed by atoms with E-state index in [4.69, 9.17) is 5.26 Å². The molecule has 5 heteroatoms. The van der Waals surface area contributed by atoms with Crippen LogP contribution in [0, 0.1) is 11.3 Å². The molecule has 0 radical (unpaired) electrons. The highest BCUT2D eigenvalue weighted by Crippen LogP contribution is 2.20. The number of hydrogen-bond donors (Lipinski definition) is 1. The van der Waals surface area contributed by atoms with Gasteiger partial charge in [0.15, 0.2) is 5.69 Å². The Hall–Kier alpha value is -1.38. The minimum absolute atomic E-state index is 0.491. The summed E-state index contributed by atoms with van der Waals surface area (Å²) in [5, 5.41) is 12.6. The summed E-state index contributed by atoms with van der Waals surface area (Å²) < 4.78 is 2.99. The van der Waals surface area contributed by atoms with Crippen LogP contribution >= 0.6 is 15.9 Å². The number of nitrogens with one attached hydrogen (secondary N) is 1. The van der Waals surface area contributed by atoms with Gasteiger partial charge in [-0.3, -0.25) is 0 Å². The molecule has 0 spiro atoms. The van der Waals surface area contributed by atoms with Crippen LogP contribution in [0.5, 0.6) is 0 Å². The van der Waals surface area contributed by atoms with Gasteiger partial charge in [-0.1, -0.05) is 15.9 Å². The lowest BCUT2D eigenvalue weighted by molar-refractivity contribution is 0.584. The molecule has 0 amide bonds. The highest BCUT2D eigenvalue weighted by Gasteiger charge is 2.18. The number of pyridine rings is 1. The van der Waals surface area contributed by atoms with Gasteiger partial charge in [0.25, 0.3) is 0 Å². The fraction of sp³-hybridized carbons (Fsp3) is 0.385. The third-order valence-corrected chi connectivity index (χ3v) is 3.87. The smallest absolute Gasteiger partial charge is 0.166 e. The lowest BCUT2D eigenvalue weighted by Gasteiger charge is -2.08. The summed E-state index contributed by atoms with van der Waals surface area (Å²) in [4.78, 5) is 4.45. The molecular formula is C13H13BrN4. The Bertz CT molecular complexity index is 620. The number of imidazole rings is 1. The van der Waals surface area contributed by atoms with Gasteiger partial charge >= 0.3 is 0 Å². The molecule has 1 aliphatic rings. The van der Waals surface area contributed by atoms with Gasteiger partial charge in [0.2, 0.25) is 0 Å². The van der Waals surface area contributed by atoms with Gasteiger partial charge in [-0.15, -0.1) is 0 Å². The molecule has 1 atom stereocenters. The van der Waals surface area contributed by atoms with Crippen LogP contribution in [0.15, 0.2) is 22.8 Å². The van der Waals surface area contributed by atoms with E-state index < -0.39 is 0 Å². The van der Waals surface area contributed by atoms with E-state index in [0.717, 1.165) is 28.8 Å². The van der Waals surface area contributed by atoms with E-state index in [1.165, 1.54) is 12.8 Å². The third kappa shape index (κ3) is 2.02. The molecule has 2 aromatic heterocycles. The SMILES string of the molecule is N#Cc1nc(CC2CCCN2)n2ccc(Br)cc12. The van der Waals surface area contributed by atoms with Crippen molar-refractivity contribution < 1.29 is 0 Å². The summed E-state index contributed by atoms with van der Waals surface area (Å²) in [6.45, 7) is 1.09. The first kappa shape index (κ1) is 11.7. The van der Waals surface area contributed by atoms with Crippen molar-refractivity contribution in [1.29, 1.82) is 5.26 Å². The predicted octanol–water partition coefficient (Wildman–Crippen LogP) is 2.26. The topological polar surface area (TPSA) is 53.1 Å². The molecule has 0 saturated carbocycles. The average Bonchev–Trinajstić information content (AvgIpc) is 2.98. The molecule has 1 N–H and O–H groups in total. The van der Waals surface area contributed by atoms with Crippen LogP contribution in [0.1, 0.15) is 24.4 Å². The molecule has 0 bridgehead atoms. The number of halogens is 1. The Morgan fingerprint density at radius 3 is 3.22 bits per heavy atom. The molecule has 2 aromatic rings. The second-order valence-electron chi connectivity index (χ2n) is 4.59. The zero-order valence-electron chi connectivity index (χ0n) is 9.86. The maximum atomic E-state index is 9.14. The van der Waals surface area contributed by atoms with E-state index in [9.17, 15) is 0 Å². The number of fused-ring (bicyclic) bond motifs is 1. The van der Waals surface area contributed by atoms with Gasteiger partial charge in [-0.25, -0.2) is 4.98 Å². The highest BCUT2D eigenvalue weighted by molar-refractivity contribution is 9.10. The minimum Gasteiger partial charge on any atom is -0.314 e. The average molecular weight is 305 g/mol. The molecule has 1 fully saturated rings. The monoisotopic (exact) mass is 304 g/mol. The van der Waals surface area contributed by atoms with Gasteiger partial charge in [-0.05, 0) is 31.5 Å². The van der Waals surface area contributed by atoms with Crippen molar-refractivity contribution in [1.82, 2.24) is 14.7 Å². The van der Waals surface area contributed by atoms with Crippen LogP contribution in [0.25, 0.3) is 5.52 Å². The molecule has 18 heavy (non-hydrogen) atoms. The first-order valence-electron chi connectivity index (χ1n) is 6.08. The maximum absolute atomic E-state index is 9.14. The number of aromatic nitrogens is 2. The molecule has 3 heterocycles. The van der Waals surface area contributed by atoms with Crippen molar-refractivity contribution in [2.24, 2.45) is 0 Å². The van der Waals surface area contributed by atoms with Crippen molar-refractivity contribution in [2.75, 3.05) is 6.54 Å². The Kier molecular flexibility index (Phi) is 3.06. The van der Waals surface area contributed by atoms with E-state index in [1.54, 1.807) is 0 Å². The number of nitriles is 1. The third-order valence-electron chi connectivity index (χ3n) is 3.38. The van der Waals surface area contributed by atoms with E-state index in [2.05, 4.69) is 32.3 Å². The van der Waals surface area contributed by atoms with Crippen LogP contribution in [-0.2, 0) is 6.42 Å². The summed E-state index contributed by atoms with van der Waals surface area (Å²) in [6, 6.07) is 6.58. The first-order chi connectivity index (χ1) is 8.78. The Morgan fingerprint density at radius 2 is 2.50 bits per heavy atom. The van der Waals surface area contributed by atoms with Gasteiger partial charge < -0.3 is 9.72 Å². The zero-order valence-corrected chi connectivity index (χ0v) is 11.4. The van der Waals surface area contributed by atoms with E-state index >= 15 is 0 Å². The summed E-state index contributed by atoms with van der Waals surface area (Å²) in [5.74, 6) is 0.966. The van der Waals surface area contributed by atoms with Gasteiger partial charge in [0.1, 0.15) is 11.9 Å². The summed E-state index contributed by atoms with van der Waals surface area (Å²) in [5.41, 5.74) is 1.38. The molecule has 0 aliphatic carbocycles. The predicted molar refractivity (Wildman–Crippen MR) is 72.3 cm³/mol. The van der Waals surface area contributed by atoms with Gasteiger partial charge in [-0.2, -0.15) is 5.26 Å². The molecule has 4 nitrogen and oxygen atoms in total. The van der Waals surface area contributed by atoms with Crippen molar-refractivity contribution in [3.05, 3.63) is 34.3 Å². The molecule has 3 rings (SSSR count). The molecule has 1 unspecified atom stereocenters. The fourth-order valence-electron chi connectivity index (χ4n) is 2.50. The van der Waals surface area contributed by atoms with E-state index in [0.29, 0.717) is 11.7 Å². The Morgan fingerprint density at radius 1 is 1.61 bits per heavy atom. The van der Waals surface area contributed by atoms with E-state index in [-0.39, 0.29) is 0 Å². The standard InChI is InChI=1S/C13H13BrN4/c14-9-3-5-18-12(6-9)11(8-15)17-13(18)7-10-2-1-4-16-10/h3,5-6,10,16H,1-2,4,7H2. The highest BCUT2D eigenvalue weighted by atomic mass is 79.9. The normalized spacial score (nSPS) is 19.2. The number of rotatable bonds is 2. The second-order valence-corrected chi connectivity index (χ2v) is 5.50. The second kappa shape index (κ2) is 4.71. The number of nitrogens with zero attached hydrogens (tertiary/aromatic N) is 3. The van der Waals surface area contributed by atoms with Gasteiger partial charge in [0, 0.05) is 23.1 Å². The van der Waals surface area contributed by atoms with Crippen LogP contribution in [0.3, 0.4) is 0 Å². The lowest BCUT2D eigenvalue weighted by atomic mass is 10.1. The van der Waals surface area contributed by atoms with E-state index in [1.807, 2.05) is 22.7 Å². The number of hydrogen-bond acceptors (Lipinski definition) is 3.